The molecule has 1 atom stereocenters. The van der Waals surface area contributed by atoms with Crippen molar-refractivity contribution in [2.75, 3.05) is 19.3 Å². The normalized spacial score (nSPS) is 21.3. The van der Waals surface area contributed by atoms with E-state index in [1.807, 2.05) is 0 Å². The molecule has 0 radical (unpaired) electrons. The molecule has 5 nitrogen and oxygen atoms in total. The van der Waals surface area contributed by atoms with Crippen LogP contribution in [0.2, 0.25) is 0 Å². The first-order valence-electron chi connectivity index (χ1n) is 6.61. The van der Waals surface area contributed by atoms with Gasteiger partial charge in [0.2, 0.25) is 5.16 Å². The van der Waals surface area contributed by atoms with Gasteiger partial charge < -0.3 is 4.90 Å². The Balaban J connectivity index is 1.81. The van der Waals surface area contributed by atoms with Crippen molar-refractivity contribution in [2.24, 2.45) is 0 Å². The van der Waals surface area contributed by atoms with Crippen molar-refractivity contribution in [1.29, 1.82) is 0 Å². The van der Waals surface area contributed by atoms with Crippen LogP contribution in [0.15, 0.2) is 5.16 Å². The van der Waals surface area contributed by atoms with Crippen molar-refractivity contribution in [3.8, 4) is 0 Å². The fourth-order valence-corrected chi connectivity index (χ4v) is 3.28. The number of halogens is 3. The smallest absolute Gasteiger partial charge is 0.303 e. The minimum absolute atomic E-state index is 0.237. The van der Waals surface area contributed by atoms with Crippen molar-refractivity contribution in [3.63, 3.8) is 0 Å². The molecule has 1 saturated heterocycles. The highest BCUT2D eigenvalue weighted by atomic mass is 32.2. The second kappa shape index (κ2) is 6.75. The third kappa shape index (κ3) is 4.62. The minimum atomic E-state index is -4.30. The molecule has 0 bridgehead atoms. The van der Waals surface area contributed by atoms with E-state index in [1.165, 1.54) is 24.6 Å². The highest BCUT2D eigenvalue weighted by molar-refractivity contribution is 7.99. The van der Waals surface area contributed by atoms with E-state index >= 15 is 0 Å². The van der Waals surface area contributed by atoms with Gasteiger partial charge in [-0.1, -0.05) is 18.2 Å². The van der Waals surface area contributed by atoms with Gasteiger partial charge in [-0.25, -0.2) is 4.68 Å². The molecule has 1 aliphatic rings. The van der Waals surface area contributed by atoms with Crippen LogP contribution in [0.4, 0.5) is 13.2 Å². The van der Waals surface area contributed by atoms with E-state index in [0.29, 0.717) is 6.04 Å². The Bertz CT molecular complexity index is 422. The van der Waals surface area contributed by atoms with Crippen LogP contribution in [-0.2, 0) is 6.54 Å². The van der Waals surface area contributed by atoms with Crippen molar-refractivity contribution < 1.29 is 13.2 Å². The molecule has 0 aromatic carbocycles. The van der Waals surface area contributed by atoms with Crippen molar-refractivity contribution in [1.82, 2.24) is 25.1 Å². The summed E-state index contributed by atoms with van der Waals surface area (Å²) >= 11 is 1.29. The fourth-order valence-electron chi connectivity index (χ4n) is 2.36. The number of likely N-dealkylation sites (tertiary alicyclic amines) is 1. The number of hydrogen-bond acceptors (Lipinski definition) is 5. The van der Waals surface area contributed by atoms with E-state index < -0.39 is 12.7 Å². The van der Waals surface area contributed by atoms with Crippen LogP contribution in [0.25, 0.3) is 0 Å². The van der Waals surface area contributed by atoms with Gasteiger partial charge in [0.15, 0.2) is 0 Å². The topological polar surface area (TPSA) is 46.8 Å². The number of nitrogens with zero attached hydrogens (tertiary/aromatic N) is 5. The Hall–Kier alpha value is -0.830. The summed E-state index contributed by atoms with van der Waals surface area (Å²) in [5.74, 6) is 0.729. The molecule has 0 saturated carbocycles. The molecule has 1 aliphatic heterocycles. The van der Waals surface area contributed by atoms with Gasteiger partial charge in [-0.15, -0.1) is 5.10 Å². The number of alkyl halides is 3. The summed E-state index contributed by atoms with van der Waals surface area (Å²) in [5, 5.41) is 10.6. The highest BCUT2D eigenvalue weighted by Gasteiger charge is 2.30. The van der Waals surface area contributed by atoms with Crippen LogP contribution in [0.5, 0.6) is 0 Å². The summed E-state index contributed by atoms with van der Waals surface area (Å²) in [7, 11) is 2.10. The summed E-state index contributed by atoms with van der Waals surface area (Å²) in [5.41, 5.74) is 0. The van der Waals surface area contributed by atoms with E-state index in [0.717, 1.165) is 29.8 Å². The maximum Gasteiger partial charge on any atom is 0.408 e. The first-order chi connectivity index (χ1) is 9.46. The molecule has 0 amide bonds. The maximum atomic E-state index is 12.3. The highest BCUT2D eigenvalue weighted by Crippen LogP contribution is 2.24. The molecule has 2 rings (SSSR count). The van der Waals surface area contributed by atoms with Crippen LogP contribution in [-0.4, -0.2) is 56.7 Å². The summed E-state index contributed by atoms with van der Waals surface area (Å²) in [6.07, 6.45) is 0.258. The number of hydrogen-bond donors (Lipinski definition) is 0. The number of rotatable bonds is 5. The number of thioether (sulfide) groups is 1. The lowest BCUT2D eigenvalue weighted by Gasteiger charge is -2.32. The quantitative estimate of drug-likeness (QED) is 0.780. The Labute approximate surface area is 119 Å². The summed E-state index contributed by atoms with van der Waals surface area (Å²) in [6, 6.07) is 0.517. The molecule has 0 unspecified atom stereocenters. The predicted molar refractivity (Wildman–Crippen MR) is 69.5 cm³/mol. The zero-order valence-corrected chi connectivity index (χ0v) is 12.1. The van der Waals surface area contributed by atoms with E-state index in [4.69, 9.17) is 0 Å². The van der Waals surface area contributed by atoms with Crippen molar-refractivity contribution >= 4 is 11.8 Å². The minimum Gasteiger partial charge on any atom is -0.303 e. The van der Waals surface area contributed by atoms with Gasteiger partial charge in [0.05, 0.1) is 0 Å². The molecule has 2 heterocycles. The SMILES string of the molecule is CN1CCCC[C@@H]1CCSc1nnnn1CC(F)(F)F. The monoisotopic (exact) mass is 309 g/mol. The molecular weight excluding hydrogens is 291 g/mol. The Kier molecular flexibility index (Phi) is 5.25. The second-order valence-electron chi connectivity index (χ2n) is 5.00. The maximum absolute atomic E-state index is 12.3. The molecule has 20 heavy (non-hydrogen) atoms. The number of aromatic nitrogens is 4. The summed E-state index contributed by atoms with van der Waals surface area (Å²) in [6.45, 7) is -0.0349. The predicted octanol–water partition coefficient (Wildman–Crippen LogP) is 2.20. The average molecular weight is 309 g/mol. The van der Waals surface area contributed by atoms with Gasteiger partial charge >= 0.3 is 6.18 Å². The molecule has 1 aromatic rings. The summed E-state index contributed by atoms with van der Waals surface area (Å²) in [4.78, 5) is 2.32. The Morgan fingerprint density at radius 1 is 1.35 bits per heavy atom. The Morgan fingerprint density at radius 2 is 2.15 bits per heavy atom. The molecule has 1 fully saturated rings. The van der Waals surface area contributed by atoms with Crippen LogP contribution >= 0.6 is 11.8 Å². The summed E-state index contributed by atoms with van der Waals surface area (Å²) < 4.78 is 37.8. The van der Waals surface area contributed by atoms with Gasteiger partial charge in [-0.3, -0.25) is 0 Å². The van der Waals surface area contributed by atoms with Crippen LogP contribution in [0.3, 0.4) is 0 Å². The fraction of sp³-hybridized carbons (Fsp3) is 0.909. The molecule has 0 N–H and O–H groups in total. The zero-order valence-electron chi connectivity index (χ0n) is 11.3. The third-order valence-electron chi connectivity index (χ3n) is 3.43. The van der Waals surface area contributed by atoms with E-state index in [-0.39, 0.29) is 5.16 Å². The molecule has 114 valence electrons. The lowest BCUT2D eigenvalue weighted by atomic mass is 10.0. The van der Waals surface area contributed by atoms with Crippen LogP contribution in [0.1, 0.15) is 25.7 Å². The van der Waals surface area contributed by atoms with Gasteiger partial charge in [0.25, 0.3) is 0 Å². The molecule has 0 spiro atoms. The first kappa shape index (κ1) is 15.6. The Morgan fingerprint density at radius 3 is 2.85 bits per heavy atom. The van der Waals surface area contributed by atoms with Gasteiger partial charge in [-0.2, -0.15) is 13.2 Å². The molecule has 9 heteroatoms. The average Bonchev–Trinajstić information content (AvgIpc) is 2.77. The standard InChI is InChI=1S/C11H18F3N5S/c1-18-6-3-2-4-9(18)5-7-20-10-15-16-17-19(10)8-11(12,13)14/h9H,2-8H2,1H3/t9-/m1/s1. The van der Waals surface area contributed by atoms with Gasteiger partial charge in [0, 0.05) is 11.8 Å². The molecular formula is C11H18F3N5S. The van der Waals surface area contributed by atoms with E-state index in [9.17, 15) is 13.2 Å². The second-order valence-corrected chi connectivity index (χ2v) is 6.06. The van der Waals surface area contributed by atoms with E-state index in [2.05, 4.69) is 27.5 Å². The first-order valence-corrected chi connectivity index (χ1v) is 7.60. The van der Waals surface area contributed by atoms with Gasteiger partial charge in [0.1, 0.15) is 6.54 Å². The van der Waals surface area contributed by atoms with Gasteiger partial charge in [-0.05, 0) is 43.3 Å². The van der Waals surface area contributed by atoms with Crippen LogP contribution < -0.4 is 0 Å². The number of piperidine rings is 1. The van der Waals surface area contributed by atoms with E-state index in [1.54, 1.807) is 0 Å². The van der Waals surface area contributed by atoms with Crippen molar-refractivity contribution in [2.45, 2.75) is 49.6 Å². The van der Waals surface area contributed by atoms with Crippen molar-refractivity contribution in [3.05, 3.63) is 0 Å². The lowest BCUT2D eigenvalue weighted by molar-refractivity contribution is -0.144. The lowest BCUT2D eigenvalue weighted by Crippen LogP contribution is -2.36. The molecule has 1 aromatic heterocycles. The molecule has 0 aliphatic carbocycles. The van der Waals surface area contributed by atoms with Crippen LogP contribution in [0, 0.1) is 0 Å². The number of tetrazole rings is 1. The largest absolute Gasteiger partial charge is 0.408 e. The zero-order chi connectivity index (χ0) is 14.6. The third-order valence-corrected chi connectivity index (χ3v) is 4.42.